The third kappa shape index (κ3) is 3.41. The summed E-state index contributed by atoms with van der Waals surface area (Å²) in [6.07, 6.45) is 0.659. The van der Waals surface area contributed by atoms with Gasteiger partial charge in [0.05, 0.1) is 19.3 Å². The van der Waals surface area contributed by atoms with E-state index in [-0.39, 0.29) is 18.1 Å². The lowest BCUT2D eigenvalue weighted by Gasteiger charge is -2.24. The summed E-state index contributed by atoms with van der Waals surface area (Å²) >= 11 is 0. The highest BCUT2D eigenvalue weighted by atomic mass is 16.5. The Morgan fingerprint density at radius 3 is 2.47 bits per heavy atom. The van der Waals surface area contributed by atoms with Crippen LogP contribution in [0.4, 0.5) is 0 Å². The van der Waals surface area contributed by atoms with Gasteiger partial charge in [0.1, 0.15) is 5.54 Å². The Kier molecular flexibility index (Phi) is 4.47. The van der Waals surface area contributed by atoms with Crippen molar-refractivity contribution >= 4 is 11.9 Å². The molecule has 0 aromatic heterocycles. The Balaban J connectivity index is 2.52. The lowest BCUT2D eigenvalue weighted by molar-refractivity contribution is -0.149. The molecule has 1 saturated heterocycles. The summed E-state index contributed by atoms with van der Waals surface area (Å²) in [4.78, 5) is 23.3. The van der Waals surface area contributed by atoms with Crippen LogP contribution in [0.25, 0.3) is 0 Å². The summed E-state index contributed by atoms with van der Waals surface area (Å²) in [7, 11) is 2.91. The molecular formula is C11H20N2O4. The van der Waals surface area contributed by atoms with Crippen molar-refractivity contribution < 1.29 is 19.1 Å². The second-order valence-corrected chi connectivity index (χ2v) is 4.66. The summed E-state index contributed by atoms with van der Waals surface area (Å²) in [6, 6.07) is -0.316. The maximum atomic E-state index is 11.9. The SMILES string of the molecule is COC(=O)C(C)(C)NC(=O)C1CC(OC)CN1. The zero-order chi connectivity index (χ0) is 13.1. The number of rotatable bonds is 4. The van der Waals surface area contributed by atoms with Gasteiger partial charge in [-0.05, 0) is 20.3 Å². The molecule has 0 bridgehead atoms. The van der Waals surface area contributed by atoms with Crippen molar-refractivity contribution in [2.24, 2.45) is 0 Å². The predicted octanol–water partition coefficient (Wildman–Crippen LogP) is -0.569. The molecule has 2 N–H and O–H groups in total. The minimum absolute atomic E-state index is 0.0481. The van der Waals surface area contributed by atoms with Gasteiger partial charge in [0.2, 0.25) is 5.91 Å². The quantitative estimate of drug-likeness (QED) is 0.648. The Morgan fingerprint density at radius 1 is 1.35 bits per heavy atom. The molecule has 0 radical (unpaired) electrons. The molecule has 6 nitrogen and oxygen atoms in total. The van der Waals surface area contributed by atoms with Crippen molar-refractivity contribution in [1.82, 2.24) is 10.6 Å². The van der Waals surface area contributed by atoms with Crippen molar-refractivity contribution in [3.05, 3.63) is 0 Å². The topological polar surface area (TPSA) is 76.7 Å². The van der Waals surface area contributed by atoms with E-state index in [1.54, 1.807) is 21.0 Å². The van der Waals surface area contributed by atoms with Gasteiger partial charge in [0.15, 0.2) is 0 Å². The molecular weight excluding hydrogens is 224 g/mol. The molecule has 1 aliphatic rings. The van der Waals surface area contributed by atoms with Crippen LogP contribution in [-0.2, 0) is 19.1 Å². The van der Waals surface area contributed by atoms with E-state index in [0.717, 1.165) is 0 Å². The molecule has 1 aliphatic heterocycles. The highest BCUT2D eigenvalue weighted by molar-refractivity contribution is 5.89. The molecule has 1 rings (SSSR count). The van der Waals surface area contributed by atoms with E-state index in [9.17, 15) is 9.59 Å². The van der Waals surface area contributed by atoms with E-state index >= 15 is 0 Å². The van der Waals surface area contributed by atoms with Gasteiger partial charge in [0.25, 0.3) is 0 Å². The van der Waals surface area contributed by atoms with Crippen molar-refractivity contribution in [2.45, 2.75) is 38.0 Å². The molecule has 2 unspecified atom stereocenters. The molecule has 2 atom stereocenters. The van der Waals surface area contributed by atoms with Crippen molar-refractivity contribution in [3.63, 3.8) is 0 Å². The van der Waals surface area contributed by atoms with Crippen LogP contribution in [-0.4, -0.2) is 50.3 Å². The maximum Gasteiger partial charge on any atom is 0.330 e. The van der Waals surface area contributed by atoms with Crippen LogP contribution in [0.5, 0.6) is 0 Å². The van der Waals surface area contributed by atoms with E-state index < -0.39 is 11.5 Å². The number of hydrogen-bond acceptors (Lipinski definition) is 5. The van der Waals surface area contributed by atoms with E-state index in [4.69, 9.17) is 4.74 Å². The van der Waals surface area contributed by atoms with Gasteiger partial charge < -0.3 is 20.1 Å². The first kappa shape index (κ1) is 13.9. The first-order valence-corrected chi connectivity index (χ1v) is 5.57. The molecule has 6 heteroatoms. The smallest absolute Gasteiger partial charge is 0.330 e. The number of carbonyl (C=O) groups excluding carboxylic acids is 2. The van der Waals surface area contributed by atoms with E-state index in [2.05, 4.69) is 15.4 Å². The number of ether oxygens (including phenoxy) is 2. The molecule has 0 saturated carbocycles. The van der Waals surface area contributed by atoms with Crippen molar-refractivity contribution in [3.8, 4) is 0 Å². The molecule has 0 aromatic rings. The Bertz CT molecular complexity index is 304. The van der Waals surface area contributed by atoms with Crippen molar-refractivity contribution in [2.75, 3.05) is 20.8 Å². The lowest BCUT2D eigenvalue weighted by atomic mass is 10.0. The molecule has 1 heterocycles. The van der Waals surface area contributed by atoms with E-state index in [1.165, 1.54) is 7.11 Å². The molecule has 0 spiro atoms. The van der Waals surface area contributed by atoms with Crippen LogP contribution in [0.15, 0.2) is 0 Å². The molecule has 1 amide bonds. The highest BCUT2D eigenvalue weighted by Gasteiger charge is 2.35. The molecule has 0 aliphatic carbocycles. The van der Waals surface area contributed by atoms with Gasteiger partial charge in [-0.15, -0.1) is 0 Å². The third-order valence-corrected chi connectivity index (χ3v) is 2.87. The number of carbonyl (C=O) groups is 2. The monoisotopic (exact) mass is 244 g/mol. The number of amides is 1. The average Bonchev–Trinajstić information content (AvgIpc) is 2.75. The van der Waals surface area contributed by atoms with Crippen LogP contribution in [0.2, 0.25) is 0 Å². The second kappa shape index (κ2) is 5.46. The first-order chi connectivity index (χ1) is 7.90. The molecule has 98 valence electrons. The Hall–Kier alpha value is -1.14. The van der Waals surface area contributed by atoms with Crippen molar-refractivity contribution in [1.29, 1.82) is 0 Å². The van der Waals surface area contributed by atoms with E-state index in [1.807, 2.05) is 0 Å². The fourth-order valence-electron chi connectivity index (χ4n) is 1.78. The zero-order valence-corrected chi connectivity index (χ0v) is 10.7. The largest absolute Gasteiger partial charge is 0.467 e. The fraction of sp³-hybridized carbons (Fsp3) is 0.818. The second-order valence-electron chi connectivity index (χ2n) is 4.66. The van der Waals surface area contributed by atoms with Gasteiger partial charge in [0, 0.05) is 13.7 Å². The summed E-state index contributed by atoms with van der Waals surface area (Å²) in [5.74, 6) is -0.674. The van der Waals surface area contributed by atoms with E-state index in [0.29, 0.717) is 13.0 Å². The molecule has 0 aromatic carbocycles. The van der Waals surface area contributed by atoms with Crippen LogP contribution in [0.1, 0.15) is 20.3 Å². The Labute approximate surface area is 101 Å². The molecule has 17 heavy (non-hydrogen) atoms. The first-order valence-electron chi connectivity index (χ1n) is 5.57. The highest BCUT2D eigenvalue weighted by Crippen LogP contribution is 2.12. The number of methoxy groups -OCH3 is 2. The predicted molar refractivity (Wildman–Crippen MR) is 61.4 cm³/mol. The standard InChI is InChI=1S/C11H20N2O4/c1-11(2,10(15)17-4)13-9(14)8-5-7(16-3)6-12-8/h7-8,12H,5-6H2,1-4H3,(H,13,14). The summed E-state index contributed by atoms with van der Waals surface area (Å²) in [5, 5.41) is 5.71. The lowest BCUT2D eigenvalue weighted by Crippen LogP contribution is -2.54. The van der Waals surface area contributed by atoms with Crippen LogP contribution in [0.3, 0.4) is 0 Å². The molecule has 1 fully saturated rings. The van der Waals surface area contributed by atoms with Gasteiger partial charge in [-0.1, -0.05) is 0 Å². The third-order valence-electron chi connectivity index (χ3n) is 2.87. The summed E-state index contributed by atoms with van der Waals surface area (Å²) in [5.41, 5.74) is -1.02. The number of esters is 1. The van der Waals surface area contributed by atoms with Gasteiger partial charge in [-0.2, -0.15) is 0 Å². The number of nitrogens with one attached hydrogen (secondary N) is 2. The maximum absolute atomic E-state index is 11.9. The summed E-state index contributed by atoms with van der Waals surface area (Å²) in [6.45, 7) is 3.87. The minimum atomic E-state index is -1.02. The minimum Gasteiger partial charge on any atom is -0.467 e. The van der Waals surface area contributed by atoms with Gasteiger partial charge in [-0.25, -0.2) is 4.79 Å². The average molecular weight is 244 g/mol. The van der Waals surface area contributed by atoms with Crippen LogP contribution < -0.4 is 10.6 Å². The van der Waals surface area contributed by atoms with Crippen LogP contribution >= 0.6 is 0 Å². The normalized spacial score (nSPS) is 24.5. The summed E-state index contributed by atoms with van der Waals surface area (Å²) < 4.78 is 9.78. The Morgan fingerprint density at radius 2 is 2.00 bits per heavy atom. The van der Waals surface area contributed by atoms with Gasteiger partial charge >= 0.3 is 5.97 Å². The van der Waals surface area contributed by atoms with Crippen LogP contribution in [0, 0.1) is 0 Å². The fourth-order valence-corrected chi connectivity index (χ4v) is 1.78. The number of hydrogen-bond donors (Lipinski definition) is 2. The zero-order valence-electron chi connectivity index (χ0n) is 10.7. The van der Waals surface area contributed by atoms with Gasteiger partial charge in [-0.3, -0.25) is 4.79 Å².